The Morgan fingerprint density at radius 1 is 1.07 bits per heavy atom. The molecule has 4 nitrogen and oxygen atoms in total. The van der Waals surface area contributed by atoms with Crippen LogP contribution in [0.1, 0.15) is 30.9 Å². The zero-order valence-corrected chi connectivity index (χ0v) is 16.5. The van der Waals surface area contributed by atoms with Gasteiger partial charge in [0.1, 0.15) is 12.4 Å². The molecule has 146 valence electrons. The average molecular weight is 384 g/mol. The van der Waals surface area contributed by atoms with Gasteiger partial charge in [-0.3, -0.25) is 9.78 Å². The summed E-state index contributed by atoms with van der Waals surface area (Å²) in [6.07, 6.45) is 5.47. The van der Waals surface area contributed by atoms with Gasteiger partial charge in [0.25, 0.3) is 0 Å². The van der Waals surface area contributed by atoms with Crippen LogP contribution in [-0.4, -0.2) is 28.4 Å². The largest absolute Gasteiger partial charge is 0.491 e. The fourth-order valence-corrected chi connectivity index (χ4v) is 4.25. The van der Waals surface area contributed by atoms with Crippen molar-refractivity contribution in [1.82, 2.24) is 9.88 Å². The summed E-state index contributed by atoms with van der Waals surface area (Å²) in [4.78, 5) is 19.9. The maximum atomic E-state index is 13.7. The molecule has 5 rings (SSSR count). The summed E-state index contributed by atoms with van der Waals surface area (Å²) in [5.41, 5.74) is 3.97. The summed E-state index contributed by atoms with van der Waals surface area (Å²) >= 11 is 0. The molecule has 3 aromatic rings. The fraction of sp³-hybridized carbons (Fsp3) is 0.280. The van der Waals surface area contributed by atoms with Gasteiger partial charge in [0, 0.05) is 30.1 Å². The lowest BCUT2D eigenvalue weighted by atomic mass is 9.93. The first-order valence-corrected chi connectivity index (χ1v) is 10.2. The minimum absolute atomic E-state index is 0.0259. The summed E-state index contributed by atoms with van der Waals surface area (Å²) in [5, 5.41) is 0. The molecule has 1 aliphatic carbocycles. The minimum atomic E-state index is -0.360. The van der Waals surface area contributed by atoms with Crippen LogP contribution in [0.3, 0.4) is 0 Å². The lowest BCUT2D eigenvalue weighted by Crippen LogP contribution is -2.45. The van der Waals surface area contributed by atoms with Crippen molar-refractivity contribution in [3.8, 4) is 16.9 Å². The van der Waals surface area contributed by atoms with Gasteiger partial charge in [-0.2, -0.15) is 0 Å². The highest BCUT2D eigenvalue weighted by molar-refractivity contribution is 5.91. The number of ether oxygens (including phenoxy) is 1. The number of carbonyl (C=O) groups excluding carboxylic acids is 1. The third-order valence-electron chi connectivity index (χ3n) is 6.15. The Morgan fingerprint density at radius 3 is 2.62 bits per heavy atom. The third kappa shape index (κ3) is 3.19. The van der Waals surface area contributed by atoms with Crippen molar-refractivity contribution >= 4 is 5.91 Å². The number of fused-ring (bicyclic) bond motifs is 1. The van der Waals surface area contributed by atoms with E-state index in [1.54, 1.807) is 6.20 Å². The molecule has 1 amide bonds. The summed E-state index contributed by atoms with van der Waals surface area (Å²) in [6, 6.07) is 20.4. The van der Waals surface area contributed by atoms with E-state index >= 15 is 0 Å². The Bertz CT molecular complexity index is 1030. The molecule has 1 fully saturated rings. The molecule has 1 saturated carbocycles. The van der Waals surface area contributed by atoms with Gasteiger partial charge < -0.3 is 9.64 Å². The third-order valence-corrected chi connectivity index (χ3v) is 6.15. The van der Waals surface area contributed by atoms with E-state index in [9.17, 15) is 4.79 Å². The first kappa shape index (κ1) is 17.9. The molecule has 1 unspecified atom stereocenters. The van der Waals surface area contributed by atoms with Crippen molar-refractivity contribution in [1.29, 1.82) is 0 Å². The number of amides is 1. The Morgan fingerprint density at radius 2 is 1.90 bits per heavy atom. The van der Waals surface area contributed by atoms with Crippen LogP contribution in [0.15, 0.2) is 73.1 Å². The second-order valence-corrected chi connectivity index (χ2v) is 8.11. The standard InChI is InChI=1S/C25H24N2O2/c1-18-17-29-23-10-9-19(20-6-5-13-26-15-20)14-21(23)16-27(18)24(28)25(11-12-25)22-7-3-2-4-8-22/h2-10,13-15,18H,11-12,16-17H2,1H3. The minimum Gasteiger partial charge on any atom is -0.491 e. The van der Waals surface area contributed by atoms with E-state index in [0.717, 1.165) is 40.8 Å². The first-order chi connectivity index (χ1) is 14.2. The van der Waals surface area contributed by atoms with E-state index in [0.29, 0.717) is 13.2 Å². The van der Waals surface area contributed by atoms with E-state index in [4.69, 9.17) is 4.74 Å². The highest BCUT2D eigenvalue weighted by Crippen LogP contribution is 2.50. The number of rotatable bonds is 3. The van der Waals surface area contributed by atoms with Crippen LogP contribution >= 0.6 is 0 Å². The second-order valence-electron chi connectivity index (χ2n) is 8.11. The van der Waals surface area contributed by atoms with Crippen molar-refractivity contribution in [2.45, 2.75) is 37.8 Å². The van der Waals surface area contributed by atoms with Gasteiger partial charge in [-0.15, -0.1) is 0 Å². The second kappa shape index (κ2) is 7.03. The average Bonchev–Trinajstić information content (AvgIpc) is 3.60. The molecule has 2 aromatic carbocycles. The zero-order chi connectivity index (χ0) is 19.8. The topological polar surface area (TPSA) is 42.4 Å². The lowest BCUT2D eigenvalue weighted by Gasteiger charge is -2.30. The molecule has 1 atom stereocenters. The van der Waals surface area contributed by atoms with Crippen LogP contribution in [0, 0.1) is 0 Å². The molecule has 4 heteroatoms. The van der Waals surface area contributed by atoms with E-state index in [1.165, 1.54) is 0 Å². The number of carbonyl (C=O) groups is 1. The summed E-state index contributed by atoms with van der Waals surface area (Å²) in [7, 11) is 0. The van der Waals surface area contributed by atoms with Crippen LogP contribution in [0.5, 0.6) is 5.75 Å². The van der Waals surface area contributed by atoms with Gasteiger partial charge in [-0.1, -0.05) is 42.5 Å². The Kier molecular flexibility index (Phi) is 4.35. The van der Waals surface area contributed by atoms with Gasteiger partial charge in [0.15, 0.2) is 0 Å². The van der Waals surface area contributed by atoms with Crippen LogP contribution in [0.25, 0.3) is 11.1 Å². The van der Waals surface area contributed by atoms with Crippen molar-refractivity contribution in [2.75, 3.05) is 6.61 Å². The molecule has 29 heavy (non-hydrogen) atoms. The van der Waals surface area contributed by atoms with Gasteiger partial charge in [0.2, 0.25) is 5.91 Å². The van der Waals surface area contributed by atoms with Crippen molar-refractivity contribution in [3.05, 3.63) is 84.2 Å². The Hall–Kier alpha value is -3.14. The quantitative estimate of drug-likeness (QED) is 0.663. The van der Waals surface area contributed by atoms with Gasteiger partial charge in [-0.25, -0.2) is 0 Å². The maximum absolute atomic E-state index is 13.7. The highest BCUT2D eigenvalue weighted by Gasteiger charge is 2.53. The molecule has 0 saturated heterocycles. The Balaban J connectivity index is 1.48. The number of pyridine rings is 1. The molecule has 0 bridgehead atoms. The smallest absolute Gasteiger partial charge is 0.233 e. The molecular weight excluding hydrogens is 360 g/mol. The fourth-order valence-electron chi connectivity index (χ4n) is 4.25. The maximum Gasteiger partial charge on any atom is 0.233 e. The predicted molar refractivity (Wildman–Crippen MR) is 113 cm³/mol. The lowest BCUT2D eigenvalue weighted by molar-refractivity contribution is -0.137. The number of nitrogens with zero attached hydrogens (tertiary/aromatic N) is 2. The van der Waals surface area contributed by atoms with Gasteiger partial charge in [0.05, 0.1) is 11.5 Å². The van der Waals surface area contributed by atoms with Crippen LogP contribution < -0.4 is 4.74 Å². The number of aromatic nitrogens is 1. The Labute approximate surface area is 171 Å². The number of benzene rings is 2. The molecule has 2 aliphatic rings. The summed E-state index contributed by atoms with van der Waals surface area (Å²) in [5.74, 6) is 1.09. The summed E-state index contributed by atoms with van der Waals surface area (Å²) < 4.78 is 6.06. The normalized spacial score (nSPS) is 19.6. The molecule has 0 N–H and O–H groups in total. The summed E-state index contributed by atoms with van der Waals surface area (Å²) in [6.45, 7) is 3.15. The predicted octanol–water partition coefficient (Wildman–Crippen LogP) is 4.59. The monoisotopic (exact) mass is 384 g/mol. The molecule has 0 radical (unpaired) electrons. The van der Waals surface area contributed by atoms with E-state index < -0.39 is 0 Å². The first-order valence-electron chi connectivity index (χ1n) is 10.2. The van der Waals surface area contributed by atoms with Crippen molar-refractivity contribution < 1.29 is 9.53 Å². The van der Waals surface area contributed by atoms with E-state index in [-0.39, 0.29) is 17.4 Å². The zero-order valence-electron chi connectivity index (χ0n) is 16.5. The number of hydrogen-bond donors (Lipinski definition) is 0. The molecule has 0 spiro atoms. The van der Waals surface area contributed by atoms with Crippen molar-refractivity contribution in [2.24, 2.45) is 0 Å². The van der Waals surface area contributed by atoms with Gasteiger partial charge >= 0.3 is 0 Å². The van der Waals surface area contributed by atoms with Crippen LogP contribution in [0.2, 0.25) is 0 Å². The van der Waals surface area contributed by atoms with E-state index in [2.05, 4.69) is 36.2 Å². The van der Waals surface area contributed by atoms with Crippen molar-refractivity contribution in [3.63, 3.8) is 0 Å². The van der Waals surface area contributed by atoms with Gasteiger partial charge in [-0.05, 0) is 49.1 Å². The SMILES string of the molecule is CC1COc2ccc(-c3cccnc3)cc2CN1C(=O)C1(c2ccccc2)CC1. The van der Waals surface area contributed by atoms with Crippen LogP contribution in [0.4, 0.5) is 0 Å². The molecule has 1 aromatic heterocycles. The van der Waals surface area contributed by atoms with Crippen LogP contribution in [-0.2, 0) is 16.8 Å². The molecule has 1 aliphatic heterocycles. The highest BCUT2D eigenvalue weighted by atomic mass is 16.5. The molecule has 2 heterocycles. The molecular formula is C25H24N2O2. The number of hydrogen-bond acceptors (Lipinski definition) is 3. The van der Waals surface area contributed by atoms with E-state index in [1.807, 2.05) is 47.5 Å².